The molecule has 0 fully saturated rings. The Balaban J connectivity index is 1.55. The van der Waals surface area contributed by atoms with Crippen LogP contribution < -0.4 is 19.8 Å². The van der Waals surface area contributed by atoms with Crippen LogP contribution >= 0.6 is 11.3 Å². The number of carbonyl (C=O) groups is 2. The zero-order valence-corrected chi connectivity index (χ0v) is 24.9. The van der Waals surface area contributed by atoms with Gasteiger partial charge in [-0.05, 0) is 62.7 Å². The van der Waals surface area contributed by atoms with Gasteiger partial charge < -0.3 is 18.8 Å². The number of esters is 2. The summed E-state index contributed by atoms with van der Waals surface area (Å²) in [5, 5.41) is 0. The van der Waals surface area contributed by atoms with E-state index in [1.807, 2.05) is 43.3 Å². The van der Waals surface area contributed by atoms with E-state index in [2.05, 4.69) is 4.99 Å². The number of hydrogen-bond donors (Lipinski definition) is 0. The average molecular weight is 586 g/mol. The average Bonchev–Trinajstić information content (AvgIpc) is 3.57. The van der Waals surface area contributed by atoms with Crippen LogP contribution in [0.4, 0.5) is 5.69 Å². The summed E-state index contributed by atoms with van der Waals surface area (Å²) in [7, 11) is 3.90. The maximum atomic E-state index is 13.9. The molecule has 3 heterocycles. The van der Waals surface area contributed by atoms with E-state index in [9.17, 15) is 14.4 Å². The Kier molecular flexibility index (Phi) is 8.26. The molecule has 216 valence electrons. The number of carbonyl (C=O) groups excluding carboxylic acids is 2. The topological polar surface area (TPSA) is 103 Å². The number of allylic oxidation sites excluding steroid dienone is 1. The number of hydrogen-bond acceptors (Lipinski definition) is 9. The normalized spacial score (nSPS) is 14.8. The molecule has 4 aromatic rings. The van der Waals surface area contributed by atoms with Crippen LogP contribution in [0, 0.1) is 0 Å². The minimum Gasteiger partial charge on any atom is -0.463 e. The quantitative estimate of drug-likeness (QED) is 0.284. The molecule has 2 aromatic heterocycles. The van der Waals surface area contributed by atoms with Gasteiger partial charge in [-0.3, -0.25) is 9.36 Å². The van der Waals surface area contributed by atoms with Crippen LogP contribution in [-0.2, 0) is 14.3 Å². The van der Waals surface area contributed by atoms with Crippen molar-refractivity contribution in [1.29, 1.82) is 0 Å². The standard InChI is InChI=1S/C32H31N3O6S/c1-6-39-30(37)22-10-8-20(9-11-22)25-17-16-24(41-25)18-26-29(36)35-28(21-12-14-23(15-13-21)34(4)5)27(31(38)40-7-2)19(3)33-32(35)42-26/h8-18,28H,6-7H2,1-5H3/b26-18+. The second-order valence-electron chi connectivity index (χ2n) is 9.79. The molecule has 9 nitrogen and oxygen atoms in total. The van der Waals surface area contributed by atoms with E-state index in [4.69, 9.17) is 13.9 Å². The molecule has 0 bridgehead atoms. The Labute approximate surface area is 246 Å². The molecule has 0 radical (unpaired) electrons. The van der Waals surface area contributed by atoms with Gasteiger partial charge in [0.2, 0.25) is 0 Å². The molecule has 5 rings (SSSR count). The summed E-state index contributed by atoms with van der Waals surface area (Å²) in [5.74, 6) is 0.189. The van der Waals surface area contributed by atoms with Crippen molar-refractivity contribution in [2.24, 2.45) is 4.99 Å². The summed E-state index contributed by atoms with van der Waals surface area (Å²) < 4.78 is 18.4. The van der Waals surface area contributed by atoms with Crippen molar-refractivity contribution >= 4 is 35.0 Å². The lowest BCUT2D eigenvalue weighted by atomic mass is 9.95. The smallest absolute Gasteiger partial charge is 0.338 e. The lowest BCUT2D eigenvalue weighted by Crippen LogP contribution is -2.39. The van der Waals surface area contributed by atoms with E-state index >= 15 is 0 Å². The monoisotopic (exact) mass is 585 g/mol. The van der Waals surface area contributed by atoms with Crippen LogP contribution in [0.3, 0.4) is 0 Å². The summed E-state index contributed by atoms with van der Waals surface area (Å²) >= 11 is 1.23. The van der Waals surface area contributed by atoms with Crippen molar-refractivity contribution < 1.29 is 23.5 Å². The van der Waals surface area contributed by atoms with Gasteiger partial charge >= 0.3 is 11.9 Å². The molecule has 0 spiro atoms. The predicted molar refractivity (Wildman–Crippen MR) is 161 cm³/mol. The summed E-state index contributed by atoms with van der Waals surface area (Å²) in [6.45, 7) is 5.78. The molecule has 10 heteroatoms. The molecule has 42 heavy (non-hydrogen) atoms. The number of nitrogens with zero attached hydrogens (tertiary/aromatic N) is 3. The van der Waals surface area contributed by atoms with E-state index in [0.29, 0.717) is 44.3 Å². The minimum atomic E-state index is -0.691. The van der Waals surface area contributed by atoms with Crippen molar-refractivity contribution in [3.63, 3.8) is 0 Å². The van der Waals surface area contributed by atoms with E-state index in [-0.39, 0.29) is 18.1 Å². The van der Waals surface area contributed by atoms with Crippen LogP contribution in [0.2, 0.25) is 0 Å². The first-order chi connectivity index (χ1) is 20.2. The van der Waals surface area contributed by atoms with Crippen LogP contribution in [0.25, 0.3) is 17.4 Å². The summed E-state index contributed by atoms with van der Waals surface area (Å²) in [5.41, 5.74) is 3.56. The number of benzene rings is 2. The van der Waals surface area contributed by atoms with Crippen LogP contribution in [0.15, 0.2) is 86.1 Å². The molecule has 2 aromatic carbocycles. The van der Waals surface area contributed by atoms with E-state index in [1.165, 1.54) is 11.3 Å². The van der Waals surface area contributed by atoms with Crippen LogP contribution in [0.5, 0.6) is 0 Å². The lowest BCUT2D eigenvalue weighted by molar-refractivity contribution is -0.139. The fourth-order valence-corrected chi connectivity index (χ4v) is 5.79. The molecule has 1 atom stereocenters. The fraction of sp³-hybridized carbons (Fsp3) is 0.250. The van der Waals surface area contributed by atoms with E-state index in [0.717, 1.165) is 16.8 Å². The van der Waals surface area contributed by atoms with Crippen molar-refractivity contribution in [2.45, 2.75) is 26.8 Å². The molecule has 1 aliphatic rings. The summed E-state index contributed by atoms with van der Waals surface area (Å²) in [6.07, 6.45) is 1.68. The Hall–Kier alpha value is -4.70. The Morgan fingerprint density at radius 3 is 2.29 bits per heavy atom. The minimum absolute atomic E-state index is 0.207. The maximum Gasteiger partial charge on any atom is 0.338 e. The largest absolute Gasteiger partial charge is 0.463 e. The number of fused-ring (bicyclic) bond motifs is 1. The molecule has 0 N–H and O–H groups in total. The summed E-state index contributed by atoms with van der Waals surface area (Å²) in [6, 6.07) is 17.6. The molecule has 0 amide bonds. The highest BCUT2D eigenvalue weighted by molar-refractivity contribution is 7.07. The van der Waals surface area contributed by atoms with Gasteiger partial charge in [0.25, 0.3) is 5.56 Å². The summed E-state index contributed by atoms with van der Waals surface area (Å²) in [4.78, 5) is 46.0. The highest BCUT2D eigenvalue weighted by Crippen LogP contribution is 2.31. The number of rotatable bonds is 8. The fourth-order valence-electron chi connectivity index (χ4n) is 4.76. The van der Waals surface area contributed by atoms with Gasteiger partial charge in [0.05, 0.1) is 40.6 Å². The van der Waals surface area contributed by atoms with Crippen molar-refractivity contribution in [2.75, 3.05) is 32.2 Å². The van der Waals surface area contributed by atoms with E-state index < -0.39 is 12.0 Å². The third-order valence-corrected chi connectivity index (χ3v) is 7.81. The molecule has 0 saturated heterocycles. The first kappa shape index (κ1) is 28.8. The van der Waals surface area contributed by atoms with Gasteiger partial charge in [-0.2, -0.15) is 0 Å². The highest BCUT2D eigenvalue weighted by Gasteiger charge is 2.33. The number of aromatic nitrogens is 1. The SMILES string of the molecule is CCOC(=O)C1=C(C)N=c2s/c(=C/c3ccc(-c4ccc(C(=O)OCC)cc4)o3)c(=O)n2C1c1ccc(N(C)C)cc1. The molecular weight excluding hydrogens is 554 g/mol. The van der Waals surface area contributed by atoms with Crippen molar-refractivity contribution in [3.8, 4) is 11.3 Å². The second kappa shape index (κ2) is 12.0. The number of anilines is 1. The van der Waals surface area contributed by atoms with Gasteiger partial charge in [-0.15, -0.1) is 0 Å². The van der Waals surface area contributed by atoms with Crippen LogP contribution in [-0.4, -0.2) is 43.8 Å². The van der Waals surface area contributed by atoms with Crippen molar-refractivity contribution in [1.82, 2.24) is 4.57 Å². The number of furan rings is 1. The highest BCUT2D eigenvalue weighted by atomic mass is 32.1. The molecular formula is C32H31N3O6S. The van der Waals surface area contributed by atoms with Gasteiger partial charge in [-0.25, -0.2) is 14.6 Å². The number of ether oxygens (including phenoxy) is 2. The van der Waals surface area contributed by atoms with Crippen molar-refractivity contribution in [3.05, 3.63) is 109 Å². The molecule has 0 aliphatic carbocycles. The first-order valence-corrected chi connectivity index (χ1v) is 14.4. The predicted octanol–water partition coefficient (Wildman–Crippen LogP) is 4.30. The third-order valence-electron chi connectivity index (χ3n) is 6.82. The Morgan fingerprint density at radius 1 is 0.976 bits per heavy atom. The molecule has 1 unspecified atom stereocenters. The zero-order chi connectivity index (χ0) is 30.0. The molecule has 1 aliphatic heterocycles. The zero-order valence-electron chi connectivity index (χ0n) is 24.0. The van der Waals surface area contributed by atoms with Gasteiger partial charge in [-0.1, -0.05) is 35.6 Å². The Bertz CT molecular complexity index is 1840. The van der Waals surface area contributed by atoms with Gasteiger partial charge in [0, 0.05) is 31.4 Å². The van der Waals surface area contributed by atoms with Crippen LogP contribution in [0.1, 0.15) is 48.5 Å². The maximum absolute atomic E-state index is 13.9. The number of thiazole rings is 1. The Morgan fingerprint density at radius 2 is 1.64 bits per heavy atom. The van der Waals surface area contributed by atoms with Gasteiger partial charge in [0.1, 0.15) is 11.5 Å². The molecule has 0 saturated carbocycles. The van der Waals surface area contributed by atoms with Gasteiger partial charge in [0.15, 0.2) is 4.80 Å². The third kappa shape index (κ3) is 5.58. The first-order valence-electron chi connectivity index (χ1n) is 13.6. The second-order valence-corrected chi connectivity index (χ2v) is 10.8. The van der Waals surface area contributed by atoms with E-state index in [1.54, 1.807) is 67.8 Å². The lowest BCUT2D eigenvalue weighted by Gasteiger charge is -2.25.